The molecule has 0 aromatic carbocycles. The maximum atomic E-state index is 12.2. The SMILES string of the molecule is C=CC(=O)OCCN1C(=O)C2C3C=CC(C3)C2C1=O. The van der Waals surface area contributed by atoms with Gasteiger partial charge in [0, 0.05) is 6.08 Å². The number of carbonyl (C=O) groups excluding carboxylic acids is 3. The molecular formula is C14H15NO4. The van der Waals surface area contributed by atoms with Gasteiger partial charge in [-0.3, -0.25) is 14.5 Å². The van der Waals surface area contributed by atoms with E-state index in [1.807, 2.05) is 0 Å². The molecule has 100 valence electrons. The number of amides is 2. The average Bonchev–Trinajstić information content (AvgIpc) is 3.07. The molecule has 0 radical (unpaired) electrons. The van der Waals surface area contributed by atoms with Crippen LogP contribution in [0.3, 0.4) is 0 Å². The van der Waals surface area contributed by atoms with E-state index in [2.05, 4.69) is 18.7 Å². The van der Waals surface area contributed by atoms with Crippen molar-refractivity contribution in [1.29, 1.82) is 0 Å². The van der Waals surface area contributed by atoms with Gasteiger partial charge in [0.25, 0.3) is 0 Å². The lowest BCUT2D eigenvalue weighted by molar-refractivity contribution is -0.145. The Morgan fingerprint density at radius 1 is 1.32 bits per heavy atom. The number of rotatable bonds is 4. The summed E-state index contributed by atoms with van der Waals surface area (Å²) in [5.41, 5.74) is 0. The molecule has 0 N–H and O–H groups in total. The highest BCUT2D eigenvalue weighted by molar-refractivity contribution is 6.06. The van der Waals surface area contributed by atoms with Crippen molar-refractivity contribution in [3.8, 4) is 0 Å². The highest BCUT2D eigenvalue weighted by Gasteiger charge is 2.58. The van der Waals surface area contributed by atoms with Gasteiger partial charge in [0.15, 0.2) is 0 Å². The molecule has 19 heavy (non-hydrogen) atoms. The standard InChI is InChI=1S/C14H15NO4/c1-2-10(16)19-6-5-15-13(17)11-8-3-4-9(7-8)12(11)14(15)18/h2-4,8-9,11-12H,1,5-7H2. The van der Waals surface area contributed by atoms with Crippen LogP contribution in [0.5, 0.6) is 0 Å². The van der Waals surface area contributed by atoms with Crippen LogP contribution in [0, 0.1) is 23.7 Å². The van der Waals surface area contributed by atoms with Crippen LogP contribution in [0.25, 0.3) is 0 Å². The van der Waals surface area contributed by atoms with Crippen molar-refractivity contribution < 1.29 is 19.1 Å². The molecule has 0 aromatic rings. The summed E-state index contributed by atoms with van der Waals surface area (Å²) in [4.78, 5) is 36.7. The van der Waals surface area contributed by atoms with E-state index in [0.717, 1.165) is 12.5 Å². The average molecular weight is 261 g/mol. The Hall–Kier alpha value is -1.91. The fourth-order valence-electron chi connectivity index (χ4n) is 3.48. The summed E-state index contributed by atoms with van der Waals surface area (Å²) in [7, 11) is 0. The van der Waals surface area contributed by atoms with Crippen molar-refractivity contribution in [3.63, 3.8) is 0 Å². The normalized spacial score (nSPS) is 34.8. The Labute approximate surface area is 110 Å². The van der Waals surface area contributed by atoms with E-state index in [1.165, 1.54) is 4.90 Å². The Balaban J connectivity index is 1.66. The summed E-state index contributed by atoms with van der Waals surface area (Å²) in [6.07, 6.45) is 6.09. The van der Waals surface area contributed by atoms with Gasteiger partial charge in [-0.15, -0.1) is 0 Å². The van der Waals surface area contributed by atoms with Gasteiger partial charge in [0.2, 0.25) is 11.8 Å². The first-order valence-corrected chi connectivity index (χ1v) is 6.46. The number of esters is 1. The molecule has 1 aliphatic heterocycles. The second kappa shape index (κ2) is 4.33. The fourth-order valence-corrected chi connectivity index (χ4v) is 3.48. The number of carbonyl (C=O) groups is 3. The fraction of sp³-hybridized carbons (Fsp3) is 0.500. The van der Waals surface area contributed by atoms with E-state index in [9.17, 15) is 14.4 Å². The third-order valence-electron chi connectivity index (χ3n) is 4.29. The lowest BCUT2D eigenvalue weighted by atomic mass is 9.85. The van der Waals surface area contributed by atoms with Crippen molar-refractivity contribution in [2.24, 2.45) is 23.7 Å². The molecule has 2 amide bonds. The summed E-state index contributed by atoms with van der Waals surface area (Å²) in [5, 5.41) is 0. The van der Waals surface area contributed by atoms with Gasteiger partial charge in [-0.1, -0.05) is 18.7 Å². The minimum atomic E-state index is -0.541. The zero-order valence-corrected chi connectivity index (χ0v) is 10.5. The molecular weight excluding hydrogens is 246 g/mol. The van der Waals surface area contributed by atoms with E-state index in [0.29, 0.717) is 0 Å². The third kappa shape index (κ3) is 1.72. The highest BCUT2D eigenvalue weighted by atomic mass is 16.5. The van der Waals surface area contributed by atoms with Crippen LogP contribution in [-0.2, 0) is 19.1 Å². The summed E-state index contributed by atoms with van der Waals surface area (Å²) in [6, 6.07) is 0. The van der Waals surface area contributed by atoms with E-state index >= 15 is 0 Å². The van der Waals surface area contributed by atoms with Gasteiger partial charge in [-0.25, -0.2) is 4.79 Å². The molecule has 3 aliphatic rings. The smallest absolute Gasteiger partial charge is 0.330 e. The molecule has 5 heteroatoms. The first-order valence-electron chi connectivity index (χ1n) is 6.46. The number of fused-ring (bicyclic) bond motifs is 5. The van der Waals surface area contributed by atoms with Crippen molar-refractivity contribution in [2.75, 3.05) is 13.2 Å². The van der Waals surface area contributed by atoms with Gasteiger partial charge < -0.3 is 4.74 Å². The van der Waals surface area contributed by atoms with Crippen molar-refractivity contribution in [3.05, 3.63) is 24.8 Å². The van der Waals surface area contributed by atoms with Gasteiger partial charge >= 0.3 is 5.97 Å². The summed E-state index contributed by atoms with van der Waals surface area (Å²) < 4.78 is 4.82. The molecule has 1 heterocycles. The predicted octanol–water partition coefficient (Wildman–Crippen LogP) is 0.523. The monoisotopic (exact) mass is 261 g/mol. The molecule has 1 saturated carbocycles. The molecule has 2 aliphatic carbocycles. The van der Waals surface area contributed by atoms with E-state index in [-0.39, 0.29) is 48.6 Å². The van der Waals surface area contributed by atoms with E-state index in [1.54, 1.807) is 0 Å². The number of imide groups is 1. The number of nitrogens with zero attached hydrogens (tertiary/aromatic N) is 1. The summed E-state index contributed by atoms with van der Waals surface area (Å²) >= 11 is 0. The van der Waals surface area contributed by atoms with Crippen LogP contribution in [0.4, 0.5) is 0 Å². The minimum Gasteiger partial charge on any atom is -0.461 e. The van der Waals surface area contributed by atoms with Crippen LogP contribution < -0.4 is 0 Å². The lowest BCUT2D eigenvalue weighted by Crippen LogP contribution is -2.36. The minimum absolute atomic E-state index is 0.0323. The second-order valence-electron chi connectivity index (χ2n) is 5.20. The van der Waals surface area contributed by atoms with Crippen LogP contribution in [0.1, 0.15) is 6.42 Å². The van der Waals surface area contributed by atoms with Crippen LogP contribution in [0.15, 0.2) is 24.8 Å². The molecule has 0 spiro atoms. The van der Waals surface area contributed by atoms with Crippen molar-refractivity contribution in [1.82, 2.24) is 4.90 Å². The quantitative estimate of drug-likeness (QED) is 0.320. The van der Waals surface area contributed by atoms with Gasteiger partial charge in [0.05, 0.1) is 18.4 Å². The molecule has 2 fully saturated rings. The molecule has 1 saturated heterocycles. The summed E-state index contributed by atoms with van der Waals surface area (Å²) in [5.74, 6) is -0.696. The highest BCUT2D eigenvalue weighted by Crippen LogP contribution is 2.52. The molecule has 4 atom stereocenters. The third-order valence-corrected chi connectivity index (χ3v) is 4.29. The number of allylic oxidation sites excluding steroid dienone is 2. The van der Waals surface area contributed by atoms with Crippen LogP contribution >= 0.6 is 0 Å². The van der Waals surface area contributed by atoms with Crippen LogP contribution in [-0.4, -0.2) is 35.8 Å². The molecule has 0 aromatic heterocycles. The molecule has 3 rings (SSSR count). The van der Waals surface area contributed by atoms with Crippen molar-refractivity contribution >= 4 is 17.8 Å². The number of likely N-dealkylation sites (tertiary alicyclic amines) is 1. The van der Waals surface area contributed by atoms with Gasteiger partial charge in [-0.2, -0.15) is 0 Å². The molecule has 2 bridgehead atoms. The second-order valence-corrected chi connectivity index (χ2v) is 5.20. The first-order chi connectivity index (χ1) is 9.13. The zero-order valence-electron chi connectivity index (χ0n) is 10.5. The van der Waals surface area contributed by atoms with Crippen LogP contribution in [0.2, 0.25) is 0 Å². The predicted molar refractivity (Wildman–Crippen MR) is 65.6 cm³/mol. The Morgan fingerprint density at radius 2 is 1.89 bits per heavy atom. The lowest BCUT2D eigenvalue weighted by Gasteiger charge is -2.16. The van der Waals surface area contributed by atoms with E-state index in [4.69, 9.17) is 4.74 Å². The van der Waals surface area contributed by atoms with E-state index < -0.39 is 5.97 Å². The Bertz CT molecular complexity index is 466. The number of hydrogen-bond acceptors (Lipinski definition) is 4. The van der Waals surface area contributed by atoms with Gasteiger partial charge in [-0.05, 0) is 18.3 Å². The maximum absolute atomic E-state index is 12.2. The first kappa shape index (κ1) is 12.1. The largest absolute Gasteiger partial charge is 0.461 e. The molecule has 5 nitrogen and oxygen atoms in total. The Morgan fingerprint density at radius 3 is 2.42 bits per heavy atom. The number of ether oxygens (including phenoxy) is 1. The van der Waals surface area contributed by atoms with Gasteiger partial charge in [0.1, 0.15) is 6.61 Å². The molecule has 4 unspecified atom stereocenters. The maximum Gasteiger partial charge on any atom is 0.330 e. The Kier molecular flexibility index (Phi) is 2.77. The topological polar surface area (TPSA) is 63.7 Å². The van der Waals surface area contributed by atoms with Crippen molar-refractivity contribution in [2.45, 2.75) is 6.42 Å². The number of hydrogen-bond donors (Lipinski definition) is 0. The zero-order chi connectivity index (χ0) is 13.6. The summed E-state index contributed by atoms with van der Waals surface area (Å²) in [6.45, 7) is 3.46.